The van der Waals surface area contributed by atoms with E-state index in [9.17, 15) is 30.7 Å². The van der Waals surface area contributed by atoms with E-state index in [0.29, 0.717) is 22.3 Å². The lowest BCUT2D eigenvalue weighted by molar-refractivity contribution is -0.137. The van der Waals surface area contributed by atoms with Crippen LogP contribution in [0.15, 0.2) is 225 Å². The van der Waals surface area contributed by atoms with E-state index in [2.05, 4.69) is 96.2 Å². The Morgan fingerprint density at radius 2 is 0.667 bits per heavy atom. The number of hydrogen-bond donors (Lipinski definition) is 0. The summed E-state index contributed by atoms with van der Waals surface area (Å²) < 4.78 is 86.3. The van der Waals surface area contributed by atoms with Crippen LogP contribution in [0.2, 0.25) is 0 Å². The molecule has 0 aliphatic carbocycles. The molecule has 0 radical (unpaired) electrons. The molecule has 0 fully saturated rings. The summed E-state index contributed by atoms with van der Waals surface area (Å²) in [7, 11) is 0. The minimum absolute atomic E-state index is 0. The van der Waals surface area contributed by atoms with Crippen LogP contribution in [0.5, 0.6) is 0 Å². The number of halogens is 7. The normalized spacial score (nSPS) is 9.30. The first-order valence-corrected chi connectivity index (χ1v) is 26.3. The van der Waals surface area contributed by atoms with E-state index in [1.165, 1.54) is 65.1 Å². The molecule has 4 nitrogen and oxygen atoms in total. The van der Waals surface area contributed by atoms with Crippen LogP contribution in [0.4, 0.5) is 30.7 Å². The van der Waals surface area contributed by atoms with Crippen LogP contribution in [0, 0.1) is 120 Å². The Bertz CT molecular complexity index is 2920. The van der Waals surface area contributed by atoms with Gasteiger partial charge in [0.2, 0.25) is 0 Å². The first-order chi connectivity index (χ1) is 38.8. The van der Waals surface area contributed by atoms with Gasteiger partial charge in [-0.15, -0.1) is 0 Å². The molecule has 0 saturated carbocycles. The van der Waals surface area contributed by atoms with Gasteiger partial charge in [0.1, 0.15) is 29.1 Å². The molecule has 0 N–H and O–H groups in total. The second-order valence-corrected chi connectivity index (χ2v) is 19.0. The van der Waals surface area contributed by atoms with Crippen LogP contribution in [0.25, 0.3) is 0 Å². The summed E-state index contributed by atoms with van der Waals surface area (Å²) in [6, 6.07) is 58.9. The smallest absolute Gasteiger partial charge is 0.264 e. The van der Waals surface area contributed by atoms with Gasteiger partial charge in [0.25, 0.3) is 0 Å². The summed E-state index contributed by atoms with van der Waals surface area (Å²) >= 11 is 0. The SMILES string of the molecule is C.C.Cc1cc(F)c(C)c(F)c1.Cc1ccc(C)c(F)c1.Cc1ccc(C)c(F)c1.Cc1ccc(C)cc1.Cc1cccc(C(F)(F)F)c1.Cc1ccccc1.Cc1ccccc1.Cc1ccccn1.Cc1cccnc1.Cc1ncccn1. The van der Waals surface area contributed by atoms with Crippen molar-refractivity contribution in [2.24, 2.45) is 0 Å². The lowest BCUT2D eigenvalue weighted by atomic mass is 10.1. The van der Waals surface area contributed by atoms with Gasteiger partial charge in [-0.1, -0.05) is 182 Å². The zero-order valence-corrected chi connectivity index (χ0v) is 49.8. The predicted molar refractivity (Wildman–Crippen MR) is 340 cm³/mol. The molecule has 3 heterocycles. The quantitative estimate of drug-likeness (QED) is 0.142. The molecule has 0 spiro atoms. The third kappa shape index (κ3) is 39.0. The van der Waals surface area contributed by atoms with Crippen molar-refractivity contribution in [3.05, 3.63) is 332 Å². The van der Waals surface area contributed by atoms with E-state index < -0.39 is 23.4 Å². The molecule has 84 heavy (non-hydrogen) atoms. The van der Waals surface area contributed by atoms with E-state index in [1.807, 2.05) is 120 Å². The topological polar surface area (TPSA) is 51.6 Å². The van der Waals surface area contributed by atoms with Gasteiger partial charge < -0.3 is 0 Å². The molecule has 7 aromatic carbocycles. The molecular weight excluding hydrogens is 1070 g/mol. The summed E-state index contributed by atoms with van der Waals surface area (Å²) in [5.41, 5.74) is 11.7. The first kappa shape index (κ1) is 77.5. The second kappa shape index (κ2) is 44.1. The average Bonchev–Trinajstić information content (AvgIpc) is 3.56. The monoisotopic (exact) mass is 1150 g/mol. The van der Waals surface area contributed by atoms with Crippen molar-refractivity contribution < 1.29 is 30.7 Å². The fraction of sp³-hybridized carbons (Fsp3) is 0.233. The van der Waals surface area contributed by atoms with Gasteiger partial charge in [0, 0.05) is 42.2 Å². The van der Waals surface area contributed by atoms with Gasteiger partial charge in [0.15, 0.2) is 0 Å². The minimum atomic E-state index is -4.22. The maximum atomic E-state index is 12.6. The molecule has 0 aliphatic rings. The van der Waals surface area contributed by atoms with Crippen LogP contribution in [-0.2, 0) is 6.18 Å². The van der Waals surface area contributed by atoms with Crippen molar-refractivity contribution in [1.29, 1.82) is 0 Å². The van der Waals surface area contributed by atoms with Gasteiger partial charge in [-0.2, -0.15) is 13.2 Å². The fourth-order valence-electron chi connectivity index (χ4n) is 5.96. The highest BCUT2D eigenvalue weighted by atomic mass is 19.4. The first-order valence-electron chi connectivity index (χ1n) is 26.3. The zero-order valence-electron chi connectivity index (χ0n) is 49.8. The van der Waals surface area contributed by atoms with E-state index in [0.717, 1.165) is 34.8 Å². The van der Waals surface area contributed by atoms with Crippen molar-refractivity contribution in [3.63, 3.8) is 0 Å². The molecule has 3 aromatic heterocycles. The van der Waals surface area contributed by atoms with Crippen molar-refractivity contribution in [2.75, 3.05) is 0 Å². The number of benzene rings is 7. The average molecular weight is 1150 g/mol. The Kier molecular flexibility index (Phi) is 40.7. The van der Waals surface area contributed by atoms with Gasteiger partial charge in [-0.3, -0.25) is 9.97 Å². The number of rotatable bonds is 0. The van der Waals surface area contributed by atoms with Crippen molar-refractivity contribution >= 4 is 0 Å². The Morgan fingerprint density at radius 1 is 0.298 bits per heavy atom. The number of alkyl halides is 3. The van der Waals surface area contributed by atoms with Crippen LogP contribution in [0.3, 0.4) is 0 Å². The molecule has 0 atom stereocenters. The minimum Gasteiger partial charge on any atom is -0.264 e. The lowest BCUT2D eigenvalue weighted by Crippen LogP contribution is -2.04. The molecule has 0 saturated heterocycles. The largest absolute Gasteiger partial charge is 0.416 e. The zero-order chi connectivity index (χ0) is 61.5. The lowest BCUT2D eigenvalue weighted by Gasteiger charge is -2.05. The van der Waals surface area contributed by atoms with E-state index in [1.54, 1.807) is 76.7 Å². The molecule has 0 amide bonds. The molecule has 10 rings (SSSR count). The third-order valence-corrected chi connectivity index (χ3v) is 10.8. The third-order valence-electron chi connectivity index (χ3n) is 10.8. The van der Waals surface area contributed by atoms with Crippen molar-refractivity contribution in [1.82, 2.24) is 19.9 Å². The van der Waals surface area contributed by atoms with Gasteiger partial charge in [0.05, 0.1) is 5.56 Å². The Labute approximate surface area is 498 Å². The summed E-state index contributed by atoms with van der Waals surface area (Å²) in [4.78, 5) is 15.6. The number of nitrogens with zero attached hydrogens (tertiary/aromatic N) is 4. The van der Waals surface area contributed by atoms with Crippen molar-refractivity contribution in [2.45, 2.75) is 118 Å². The van der Waals surface area contributed by atoms with Crippen molar-refractivity contribution in [3.8, 4) is 0 Å². The Morgan fingerprint density at radius 3 is 0.929 bits per heavy atom. The highest BCUT2D eigenvalue weighted by Gasteiger charge is 2.29. The molecule has 0 bridgehead atoms. The number of aryl methyl sites for hydroxylation is 13. The summed E-state index contributed by atoms with van der Waals surface area (Å²) in [6.07, 6.45) is 4.62. The van der Waals surface area contributed by atoms with Gasteiger partial charge in [-0.05, 0) is 185 Å². The van der Waals surface area contributed by atoms with Crippen LogP contribution < -0.4 is 0 Å². The summed E-state index contributed by atoms with van der Waals surface area (Å²) in [6.45, 7) is 26.2. The molecule has 0 unspecified atom stereocenters. The van der Waals surface area contributed by atoms with E-state index in [-0.39, 0.29) is 32.1 Å². The number of aromatic nitrogens is 4. The fourth-order valence-corrected chi connectivity index (χ4v) is 5.96. The highest BCUT2D eigenvalue weighted by Crippen LogP contribution is 2.29. The maximum Gasteiger partial charge on any atom is 0.416 e. The Balaban J connectivity index is 0. The predicted octanol–water partition coefficient (Wildman–Crippen LogP) is 21.6. The van der Waals surface area contributed by atoms with Crippen LogP contribution >= 0.6 is 0 Å². The Hall–Kier alpha value is -8.57. The summed E-state index contributed by atoms with van der Waals surface area (Å²) in [5, 5.41) is 0. The van der Waals surface area contributed by atoms with Crippen LogP contribution in [0.1, 0.15) is 98.7 Å². The standard InChI is InChI=1S/C8H7F3.C8H8F2.2C8H9F.C8H10.2C7H8.2C6H7N.C5H6N2.2CH4/c1-6-3-2-4-7(5-6)8(9,10)11;1-5-3-7(9)6(2)8(10)4-5;2*1-6-3-4-7(2)8(9)5-6;1-7-3-5-8(2)6-4-7;2*1-7-5-3-2-4-6-7;1-6-3-2-4-7-5-6;1-6-4-2-3-5-7-6;1-5-6-3-2-4-7-5;;/h2-5H,1H3;3-4H,1-2H3;2*3-5H,1-2H3;3-6H,1-2H3;2*2-6H,1H3;2*2-5H,1H3;2-4H,1H3;2*1H4. The second-order valence-electron chi connectivity index (χ2n) is 19.0. The highest BCUT2D eigenvalue weighted by molar-refractivity contribution is 5.26. The summed E-state index contributed by atoms with van der Waals surface area (Å²) in [5.74, 6) is -0.359. The molecule has 448 valence electrons. The van der Waals surface area contributed by atoms with E-state index in [4.69, 9.17) is 0 Å². The number of hydrogen-bond acceptors (Lipinski definition) is 4. The van der Waals surface area contributed by atoms with Gasteiger partial charge in [-0.25, -0.2) is 27.5 Å². The number of pyridine rings is 2. The van der Waals surface area contributed by atoms with Gasteiger partial charge >= 0.3 is 6.18 Å². The van der Waals surface area contributed by atoms with Crippen LogP contribution in [-0.4, -0.2) is 19.9 Å². The molecule has 11 heteroatoms. The molecule has 0 aliphatic heterocycles. The van der Waals surface area contributed by atoms with E-state index >= 15 is 0 Å². The maximum absolute atomic E-state index is 12.6. The molecule has 10 aromatic rings. The molecular formula is C73H87F7N4.